The molecule has 0 bridgehead atoms. The molecule has 1 aliphatic carbocycles. The van der Waals surface area contributed by atoms with Gasteiger partial charge in [0.15, 0.2) is 0 Å². The van der Waals surface area contributed by atoms with Gasteiger partial charge in [0, 0.05) is 38.6 Å². The first-order valence-electron chi connectivity index (χ1n) is 21.2. The molecule has 12 rings (SSSR count). The average molecular weight is 780 g/mol. The largest absolute Gasteiger partial charge is 0.455 e. The molecule has 10 aromatic carbocycles. The van der Waals surface area contributed by atoms with E-state index >= 15 is 0 Å². The second-order valence-electron chi connectivity index (χ2n) is 16.8. The van der Waals surface area contributed by atoms with Crippen molar-refractivity contribution in [2.45, 2.75) is 19.3 Å². The van der Waals surface area contributed by atoms with Crippen LogP contribution in [0.3, 0.4) is 0 Å². The van der Waals surface area contributed by atoms with Crippen molar-refractivity contribution in [1.82, 2.24) is 0 Å². The maximum absolute atomic E-state index is 6.70. The Hall–Kier alpha value is -7.68. The Bertz CT molecular complexity index is 3530. The predicted octanol–water partition coefficient (Wildman–Crippen LogP) is 16.7. The highest BCUT2D eigenvalue weighted by Crippen LogP contribution is 2.52. The van der Waals surface area contributed by atoms with E-state index in [2.05, 4.69) is 225 Å². The van der Waals surface area contributed by atoms with Crippen molar-refractivity contribution in [3.63, 3.8) is 0 Å². The van der Waals surface area contributed by atoms with E-state index in [4.69, 9.17) is 4.42 Å². The van der Waals surface area contributed by atoms with Gasteiger partial charge in [-0.2, -0.15) is 0 Å². The molecule has 0 radical (unpaired) electrons. The number of hydrogen-bond donors (Lipinski definition) is 0. The lowest BCUT2D eigenvalue weighted by Crippen LogP contribution is -2.15. The number of hydrogen-bond acceptors (Lipinski definition) is 2. The molecule has 0 amide bonds. The van der Waals surface area contributed by atoms with Crippen LogP contribution in [0.15, 0.2) is 217 Å². The van der Waals surface area contributed by atoms with E-state index in [9.17, 15) is 0 Å². The number of rotatable bonds is 6. The van der Waals surface area contributed by atoms with Crippen LogP contribution in [0.4, 0.5) is 17.1 Å². The normalized spacial score (nSPS) is 12.9. The molecule has 0 saturated carbocycles. The first-order valence-corrected chi connectivity index (χ1v) is 21.2. The molecule has 11 aromatic rings. The number of para-hydroxylation sites is 4. The molecule has 0 N–H and O–H groups in total. The first kappa shape index (κ1) is 35.3. The Labute approximate surface area is 355 Å². The third-order valence-corrected chi connectivity index (χ3v) is 13.1. The Morgan fingerprint density at radius 1 is 0.361 bits per heavy atom. The topological polar surface area (TPSA) is 16.4 Å². The molecule has 2 nitrogen and oxygen atoms in total. The minimum Gasteiger partial charge on any atom is -0.455 e. The van der Waals surface area contributed by atoms with Gasteiger partial charge in [0.2, 0.25) is 0 Å². The zero-order valence-corrected chi connectivity index (χ0v) is 34.1. The number of furan rings is 1. The summed E-state index contributed by atoms with van der Waals surface area (Å²) in [5.74, 6) is 0. The zero-order valence-electron chi connectivity index (χ0n) is 34.1. The monoisotopic (exact) mass is 779 g/mol. The van der Waals surface area contributed by atoms with Crippen molar-refractivity contribution in [3.05, 3.63) is 223 Å². The average Bonchev–Trinajstić information content (AvgIpc) is 3.81. The fourth-order valence-electron chi connectivity index (χ4n) is 10.2. The summed E-state index contributed by atoms with van der Waals surface area (Å²) < 4.78 is 6.70. The Balaban J connectivity index is 1.09. The minimum absolute atomic E-state index is 0.119. The van der Waals surface area contributed by atoms with Crippen LogP contribution in [0.5, 0.6) is 0 Å². The van der Waals surface area contributed by atoms with Crippen LogP contribution < -0.4 is 4.90 Å². The molecule has 0 fully saturated rings. The number of benzene rings is 10. The van der Waals surface area contributed by atoms with Crippen molar-refractivity contribution in [3.8, 4) is 44.5 Å². The summed E-state index contributed by atoms with van der Waals surface area (Å²) >= 11 is 0. The molecule has 288 valence electrons. The third kappa shape index (κ3) is 5.49. The SMILES string of the molecule is CC1(C)c2ccccc2-c2ccc(-c3ccccc3N(c3cccc(-c4cccc5c4ccc4ccccc45)c3)c3ccccc3-c3cccc4c3oc3ccccc34)cc21. The Kier molecular flexibility index (Phi) is 7.92. The highest BCUT2D eigenvalue weighted by molar-refractivity contribution is 6.13. The fourth-order valence-corrected chi connectivity index (χ4v) is 10.2. The summed E-state index contributed by atoms with van der Waals surface area (Å²) in [6.07, 6.45) is 0. The molecule has 0 atom stereocenters. The highest BCUT2D eigenvalue weighted by atomic mass is 16.3. The van der Waals surface area contributed by atoms with E-state index in [-0.39, 0.29) is 5.41 Å². The molecular weight excluding hydrogens is 739 g/mol. The quantitative estimate of drug-likeness (QED) is 0.156. The van der Waals surface area contributed by atoms with Crippen molar-refractivity contribution < 1.29 is 4.42 Å². The van der Waals surface area contributed by atoms with Crippen LogP contribution in [0, 0.1) is 0 Å². The lowest BCUT2D eigenvalue weighted by molar-refractivity contribution is 0.660. The van der Waals surface area contributed by atoms with Crippen LogP contribution in [-0.4, -0.2) is 0 Å². The molecule has 1 aromatic heterocycles. The van der Waals surface area contributed by atoms with Crippen LogP contribution in [0.25, 0.3) is 88.0 Å². The molecule has 0 unspecified atom stereocenters. The second kappa shape index (κ2) is 13.7. The van der Waals surface area contributed by atoms with Gasteiger partial charge in [-0.05, 0) is 96.9 Å². The Morgan fingerprint density at radius 2 is 0.967 bits per heavy atom. The van der Waals surface area contributed by atoms with E-state index in [0.29, 0.717) is 0 Å². The van der Waals surface area contributed by atoms with E-state index in [0.717, 1.165) is 61.3 Å². The molecule has 0 saturated heterocycles. The number of fused-ring (bicyclic) bond motifs is 9. The van der Waals surface area contributed by atoms with Gasteiger partial charge < -0.3 is 9.32 Å². The summed E-state index contributed by atoms with van der Waals surface area (Å²) in [5, 5.41) is 7.25. The van der Waals surface area contributed by atoms with Gasteiger partial charge in [0.05, 0.1) is 11.4 Å². The molecule has 61 heavy (non-hydrogen) atoms. The van der Waals surface area contributed by atoms with E-state index in [1.807, 2.05) is 6.07 Å². The minimum atomic E-state index is -0.119. The molecule has 1 aliphatic rings. The van der Waals surface area contributed by atoms with Gasteiger partial charge >= 0.3 is 0 Å². The maximum Gasteiger partial charge on any atom is 0.143 e. The van der Waals surface area contributed by atoms with Crippen molar-refractivity contribution >= 4 is 60.5 Å². The Morgan fingerprint density at radius 3 is 1.84 bits per heavy atom. The number of nitrogens with zero attached hydrogens (tertiary/aromatic N) is 1. The van der Waals surface area contributed by atoms with Crippen molar-refractivity contribution in [2.24, 2.45) is 0 Å². The van der Waals surface area contributed by atoms with Crippen LogP contribution in [0.1, 0.15) is 25.0 Å². The van der Waals surface area contributed by atoms with Gasteiger partial charge in [-0.1, -0.05) is 190 Å². The van der Waals surface area contributed by atoms with Crippen LogP contribution in [-0.2, 0) is 5.41 Å². The molecule has 0 aliphatic heterocycles. The fraction of sp³-hybridized carbons (Fsp3) is 0.0508. The molecule has 1 heterocycles. The van der Waals surface area contributed by atoms with Crippen molar-refractivity contribution in [1.29, 1.82) is 0 Å². The van der Waals surface area contributed by atoms with Gasteiger partial charge in [-0.3, -0.25) is 0 Å². The number of anilines is 3. The zero-order chi connectivity index (χ0) is 40.7. The molecular formula is C59H41NO. The smallest absolute Gasteiger partial charge is 0.143 e. The summed E-state index contributed by atoms with van der Waals surface area (Å²) in [5.41, 5.74) is 17.2. The lowest BCUT2D eigenvalue weighted by atomic mass is 9.81. The summed E-state index contributed by atoms with van der Waals surface area (Å²) in [6.45, 7) is 4.71. The highest BCUT2D eigenvalue weighted by Gasteiger charge is 2.35. The second-order valence-corrected chi connectivity index (χ2v) is 16.8. The van der Waals surface area contributed by atoms with Crippen LogP contribution >= 0.6 is 0 Å². The standard InChI is InChI=1S/C59H41NO/c1-59(2)53-28-9-5-21-47(53)48-35-33-40(37-54(48)59)44-20-6-10-29-55(44)60(56-30-11-7-22-49(56)51-26-15-27-52-50-23-8-12-31-57(50)61-58(51)52)41-18-13-17-39(36-41)43-24-14-25-45-42-19-4-3-16-38(42)32-34-46(43)45/h3-37H,1-2H3. The van der Waals surface area contributed by atoms with E-state index in [1.165, 1.54) is 54.9 Å². The molecule has 0 spiro atoms. The van der Waals surface area contributed by atoms with Crippen LogP contribution in [0.2, 0.25) is 0 Å². The van der Waals surface area contributed by atoms with Gasteiger partial charge in [0.1, 0.15) is 11.2 Å². The maximum atomic E-state index is 6.70. The van der Waals surface area contributed by atoms with Gasteiger partial charge in [-0.15, -0.1) is 0 Å². The summed E-state index contributed by atoms with van der Waals surface area (Å²) in [4.78, 5) is 2.46. The van der Waals surface area contributed by atoms with Crippen molar-refractivity contribution in [2.75, 3.05) is 4.90 Å². The summed E-state index contributed by atoms with van der Waals surface area (Å²) in [6, 6.07) is 77.5. The predicted molar refractivity (Wildman–Crippen MR) is 257 cm³/mol. The lowest BCUT2D eigenvalue weighted by Gasteiger charge is -2.30. The third-order valence-electron chi connectivity index (χ3n) is 13.1. The first-order chi connectivity index (χ1) is 30.0. The van der Waals surface area contributed by atoms with Gasteiger partial charge in [-0.25, -0.2) is 0 Å². The molecule has 2 heteroatoms. The van der Waals surface area contributed by atoms with E-state index in [1.54, 1.807) is 0 Å². The summed E-state index contributed by atoms with van der Waals surface area (Å²) in [7, 11) is 0. The van der Waals surface area contributed by atoms with Gasteiger partial charge in [0.25, 0.3) is 0 Å². The van der Waals surface area contributed by atoms with E-state index < -0.39 is 0 Å².